The zero-order chi connectivity index (χ0) is 18.7. The van der Waals surface area contributed by atoms with Gasteiger partial charge in [0, 0.05) is 27.3 Å². The summed E-state index contributed by atoms with van der Waals surface area (Å²) in [5, 5.41) is 11.6. The van der Waals surface area contributed by atoms with Crippen molar-refractivity contribution in [1.29, 1.82) is 0 Å². The Labute approximate surface area is 167 Å². The maximum Gasteiger partial charge on any atom is 0.196 e. The van der Waals surface area contributed by atoms with Crippen LogP contribution >= 0.6 is 35.1 Å². The lowest BCUT2D eigenvalue weighted by molar-refractivity contribution is 0.856. The van der Waals surface area contributed by atoms with Gasteiger partial charge >= 0.3 is 0 Å². The van der Waals surface area contributed by atoms with Gasteiger partial charge in [0.15, 0.2) is 10.3 Å². The van der Waals surface area contributed by atoms with Gasteiger partial charge in [-0.2, -0.15) is 0 Å². The highest BCUT2D eigenvalue weighted by atomic mass is 35.5. The molecule has 2 heterocycles. The maximum atomic E-state index is 6.04. The minimum atomic E-state index is 0.411. The second kappa shape index (κ2) is 8.41. The van der Waals surface area contributed by atoms with Crippen molar-refractivity contribution >= 4 is 35.1 Å². The number of nitrogens with zero attached hydrogens (tertiary/aromatic N) is 5. The molecule has 0 aliphatic carbocycles. The van der Waals surface area contributed by atoms with Crippen molar-refractivity contribution in [3.8, 4) is 5.69 Å². The summed E-state index contributed by atoms with van der Waals surface area (Å²) in [4.78, 5) is 8.98. The number of hydrogen-bond donors (Lipinski definition) is 0. The first-order valence-corrected chi connectivity index (χ1v) is 10.5. The summed E-state index contributed by atoms with van der Waals surface area (Å²) in [6.45, 7) is 8.24. The van der Waals surface area contributed by atoms with Crippen LogP contribution < -0.4 is 0 Å². The lowest BCUT2D eigenvalue weighted by Crippen LogP contribution is -2.03. The minimum Gasteiger partial charge on any atom is -0.273 e. The summed E-state index contributed by atoms with van der Waals surface area (Å²) in [7, 11) is 0. The fraction of sp³-hybridized carbons (Fsp3) is 0.333. The van der Waals surface area contributed by atoms with Gasteiger partial charge < -0.3 is 0 Å². The zero-order valence-electron chi connectivity index (χ0n) is 15.1. The Balaban J connectivity index is 1.91. The van der Waals surface area contributed by atoms with E-state index < -0.39 is 0 Å². The van der Waals surface area contributed by atoms with Crippen LogP contribution in [0.15, 0.2) is 40.6 Å². The van der Waals surface area contributed by atoms with Crippen LogP contribution in [-0.2, 0) is 5.75 Å². The van der Waals surface area contributed by atoms with Gasteiger partial charge in [-0.25, -0.2) is 9.97 Å². The van der Waals surface area contributed by atoms with E-state index in [9.17, 15) is 0 Å². The lowest BCUT2D eigenvalue weighted by Gasteiger charge is -2.11. The van der Waals surface area contributed by atoms with E-state index in [0.717, 1.165) is 33.2 Å². The zero-order valence-corrected chi connectivity index (χ0v) is 17.5. The Morgan fingerprint density at radius 3 is 2.31 bits per heavy atom. The van der Waals surface area contributed by atoms with Crippen LogP contribution in [0.1, 0.15) is 31.1 Å². The first-order chi connectivity index (χ1) is 12.4. The van der Waals surface area contributed by atoms with Crippen LogP contribution in [0.25, 0.3) is 5.69 Å². The van der Waals surface area contributed by atoms with Crippen LogP contribution in [0.4, 0.5) is 0 Å². The molecule has 0 aliphatic heterocycles. The van der Waals surface area contributed by atoms with Crippen LogP contribution in [0.5, 0.6) is 0 Å². The molecule has 2 aromatic heterocycles. The molecular formula is C18H20ClN5S2. The molecule has 1 aromatic carbocycles. The van der Waals surface area contributed by atoms with Crippen molar-refractivity contribution in [3.05, 3.63) is 52.6 Å². The van der Waals surface area contributed by atoms with Gasteiger partial charge in [0.2, 0.25) is 0 Å². The highest BCUT2D eigenvalue weighted by Crippen LogP contribution is 2.28. The van der Waals surface area contributed by atoms with E-state index in [0.29, 0.717) is 16.0 Å². The lowest BCUT2D eigenvalue weighted by atomic mass is 10.3. The third-order valence-corrected chi connectivity index (χ3v) is 5.46. The van der Waals surface area contributed by atoms with E-state index in [2.05, 4.69) is 38.6 Å². The SMILES string of the molecule is Cc1cc(C)nc(SCc2nnc(SC(C)C)n2-c2ccc(Cl)cc2)n1. The highest BCUT2D eigenvalue weighted by Gasteiger charge is 2.16. The smallest absolute Gasteiger partial charge is 0.196 e. The summed E-state index contributed by atoms with van der Waals surface area (Å²) in [6, 6.07) is 9.70. The molecule has 26 heavy (non-hydrogen) atoms. The molecule has 0 fully saturated rings. The summed E-state index contributed by atoms with van der Waals surface area (Å²) in [5.74, 6) is 1.50. The van der Waals surface area contributed by atoms with Crippen LogP contribution in [0.3, 0.4) is 0 Å². The Hall–Kier alpha value is -1.57. The van der Waals surface area contributed by atoms with Crippen molar-refractivity contribution in [2.45, 2.75) is 49.0 Å². The average molecular weight is 406 g/mol. The molecule has 3 rings (SSSR count). The van der Waals surface area contributed by atoms with Crippen molar-refractivity contribution in [3.63, 3.8) is 0 Å². The van der Waals surface area contributed by atoms with Crippen LogP contribution in [0, 0.1) is 13.8 Å². The number of aromatic nitrogens is 5. The number of aryl methyl sites for hydroxylation is 2. The normalized spacial score (nSPS) is 11.3. The molecule has 5 nitrogen and oxygen atoms in total. The minimum absolute atomic E-state index is 0.411. The molecule has 0 N–H and O–H groups in total. The summed E-state index contributed by atoms with van der Waals surface area (Å²) in [6.07, 6.45) is 0. The number of hydrogen-bond acceptors (Lipinski definition) is 6. The molecule has 0 saturated carbocycles. The van der Waals surface area contributed by atoms with Gasteiger partial charge in [-0.1, -0.05) is 49.0 Å². The van der Waals surface area contributed by atoms with Crippen LogP contribution in [-0.4, -0.2) is 30.0 Å². The second-order valence-electron chi connectivity index (χ2n) is 6.10. The summed E-state index contributed by atoms with van der Waals surface area (Å²) in [5.41, 5.74) is 2.94. The molecule has 136 valence electrons. The second-order valence-corrected chi connectivity index (χ2v) is 9.02. The molecule has 0 spiro atoms. The molecule has 0 bridgehead atoms. The molecule has 8 heteroatoms. The Morgan fingerprint density at radius 2 is 1.69 bits per heavy atom. The highest BCUT2D eigenvalue weighted by molar-refractivity contribution is 7.99. The summed E-state index contributed by atoms with van der Waals surface area (Å²) < 4.78 is 2.08. The number of rotatable bonds is 6. The Morgan fingerprint density at radius 1 is 1.04 bits per heavy atom. The van der Waals surface area contributed by atoms with Crippen molar-refractivity contribution < 1.29 is 0 Å². The molecule has 3 aromatic rings. The molecule has 0 unspecified atom stereocenters. The number of benzene rings is 1. The fourth-order valence-corrected chi connectivity index (χ4v) is 4.23. The van der Waals surface area contributed by atoms with Gasteiger partial charge in [0.05, 0.1) is 5.75 Å². The largest absolute Gasteiger partial charge is 0.273 e. The van der Waals surface area contributed by atoms with E-state index >= 15 is 0 Å². The van der Waals surface area contributed by atoms with Gasteiger partial charge in [-0.3, -0.25) is 4.57 Å². The van der Waals surface area contributed by atoms with Crippen molar-refractivity contribution in [2.75, 3.05) is 0 Å². The van der Waals surface area contributed by atoms with E-state index in [1.165, 1.54) is 0 Å². The standard InChI is InChI=1S/C18H20ClN5S2/c1-11(2)26-18-23-22-16(24(18)15-7-5-14(19)6-8-15)10-25-17-20-12(3)9-13(4)21-17/h5-9,11H,10H2,1-4H3. The first-order valence-electron chi connectivity index (χ1n) is 8.24. The third kappa shape index (κ3) is 4.78. The van der Waals surface area contributed by atoms with E-state index in [1.54, 1.807) is 23.5 Å². The maximum absolute atomic E-state index is 6.04. The van der Waals surface area contributed by atoms with E-state index in [4.69, 9.17) is 11.6 Å². The van der Waals surface area contributed by atoms with Gasteiger partial charge in [0.1, 0.15) is 5.82 Å². The van der Waals surface area contributed by atoms with Crippen molar-refractivity contribution in [1.82, 2.24) is 24.7 Å². The van der Waals surface area contributed by atoms with E-state index in [-0.39, 0.29) is 0 Å². The number of thioether (sulfide) groups is 2. The number of halogens is 1. The van der Waals surface area contributed by atoms with Gasteiger partial charge in [-0.15, -0.1) is 10.2 Å². The predicted molar refractivity (Wildman–Crippen MR) is 108 cm³/mol. The third-order valence-electron chi connectivity index (χ3n) is 3.42. The monoisotopic (exact) mass is 405 g/mol. The first kappa shape index (κ1) is 19.2. The molecular weight excluding hydrogens is 386 g/mol. The van der Waals surface area contributed by atoms with Crippen molar-refractivity contribution in [2.24, 2.45) is 0 Å². The molecule has 0 saturated heterocycles. The fourth-order valence-electron chi connectivity index (χ4n) is 2.42. The molecule has 0 radical (unpaired) electrons. The molecule has 0 atom stereocenters. The Bertz CT molecular complexity index is 873. The van der Waals surface area contributed by atoms with E-state index in [1.807, 2.05) is 44.2 Å². The Kier molecular flexibility index (Phi) is 6.21. The summed E-state index contributed by atoms with van der Waals surface area (Å²) >= 11 is 9.29. The topological polar surface area (TPSA) is 56.5 Å². The quantitative estimate of drug-likeness (QED) is 0.419. The van der Waals surface area contributed by atoms with Gasteiger partial charge in [-0.05, 0) is 44.2 Å². The molecule has 0 aliphatic rings. The van der Waals surface area contributed by atoms with Gasteiger partial charge in [0.25, 0.3) is 0 Å². The average Bonchev–Trinajstić information content (AvgIpc) is 2.95. The predicted octanol–water partition coefficient (Wildman–Crippen LogP) is 5.12. The molecule has 0 amide bonds. The van der Waals surface area contributed by atoms with Crippen LogP contribution in [0.2, 0.25) is 5.02 Å².